The molecule has 1 aliphatic carbocycles. The first-order chi connectivity index (χ1) is 9.11. The normalized spacial score (nSPS) is 19.3. The summed E-state index contributed by atoms with van der Waals surface area (Å²) < 4.78 is 1.59. The van der Waals surface area contributed by atoms with Gasteiger partial charge in [-0.3, -0.25) is 4.79 Å². The Labute approximate surface area is 113 Å². The fraction of sp³-hybridized carbons (Fsp3) is 0.769. The molecule has 0 aromatic carbocycles. The minimum Gasteiger partial charge on any atom is -0.352 e. The van der Waals surface area contributed by atoms with Gasteiger partial charge in [0.2, 0.25) is 5.91 Å². The Morgan fingerprint density at radius 2 is 2.26 bits per heavy atom. The smallest absolute Gasteiger partial charge is 0.244 e. The summed E-state index contributed by atoms with van der Waals surface area (Å²) in [5, 5.41) is 11.1. The van der Waals surface area contributed by atoms with Crippen molar-refractivity contribution in [2.45, 2.75) is 64.1 Å². The zero-order chi connectivity index (χ0) is 13.8. The van der Waals surface area contributed by atoms with Gasteiger partial charge in [-0.25, -0.2) is 4.68 Å². The van der Waals surface area contributed by atoms with E-state index in [9.17, 15) is 4.79 Å². The highest BCUT2D eigenvalue weighted by atomic mass is 16.2. The first-order valence-corrected chi connectivity index (χ1v) is 7.09. The zero-order valence-corrected chi connectivity index (χ0v) is 11.7. The fourth-order valence-electron chi connectivity index (χ4n) is 2.37. The van der Waals surface area contributed by atoms with Crippen molar-refractivity contribution in [2.75, 3.05) is 0 Å². The van der Waals surface area contributed by atoms with Gasteiger partial charge in [-0.2, -0.15) is 0 Å². The van der Waals surface area contributed by atoms with Crippen LogP contribution >= 0.6 is 0 Å². The van der Waals surface area contributed by atoms with Crippen molar-refractivity contribution in [1.29, 1.82) is 0 Å². The topological polar surface area (TPSA) is 85.8 Å². The third-order valence-corrected chi connectivity index (χ3v) is 3.83. The van der Waals surface area contributed by atoms with Gasteiger partial charge in [0.1, 0.15) is 6.04 Å². The van der Waals surface area contributed by atoms with Crippen molar-refractivity contribution in [2.24, 2.45) is 5.73 Å². The van der Waals surface area contributed by atoms with Gasteiger partial charge in [0.25, 0.3) is 0 Å². The average Bonchev–Trinajstić information content (AvgIpc) is 3.07. The van der Waals surface area contributed by atoms with Gasteiger partial charge in [-0.05, 0) is 26.2 Å². The summed E-state index contributed by atoms with van der Waals surface area (Å²) in [6.45, 7) is 3.83. The minimum absolute atomic E-state index is 0.00780. The van der Waals surface area contributed by atoms with Gasteiger partial charge in [0.05, 0.1) is 17.9 Å². The second-order valence-electron chi connectivity index (χ2n) is 5.30. The van der Waals surface area contributed by atoms with Crippen LogP contribution in [-0.4, -0.2) is 26.9 Å². The molecule has 106 valence electrons. The molecule has 6 nitrogen and oxygen atoms in total. The molecular weight excluding hydrogens is 242 g/mol. The first-order valence-electron chi connectivity index (χ1n) is 7.09. The molecule has 1 heterocycles. The zero-order valence-electron chi connectivity index (χ0n) is 11.7. The predicted octanol–water partition coefficient (Wildman–Crippen LogP) is 1.31. The summed E-state index contributed by atoms with van der Waals surface area (Å²) in [6.07, 6.45) is 7.16. The van der Waals surface area contributed by atoms with Crippen molar-refractivity contribution >= 4 is 5.91 Å². The maximum absolute atomic E-state index is 12.1. The van der Waals surface area contributed by atoms with Crippen LogP contribution in [0.4, 0.5) is 0 Å². The van der Waals surface area contributed by atoms with E-state index in [2.05, 4.69) is 15.6 Å². The van der Waals surface area contributed by atoms with Crippen LogP contribution in [0.2, 0.25) is 0 Å². The van der Waals surface area contributed by atoms with Crippen molar-refractivity contribution in [3.05, 3.63) is 11.9 Å². The molecule has 0 radical (unpaired) electrons. The van der Waals surface area contributed by atoms with E-state index >= 15 is 0 Å². The molecule has 1 aromatic rings. The predicted molar refractivity (Wildman–Crippen MR) is 72.4 cm³/mol. The Hall–Kier alpha value is -1.43. The highest BCUT2D eigenvalue weighted by molar-refractivity contribution is 5.80. The molecule has 1 saturated carbocycles. The SMILES string of the molecule is CCC(N)c1cn(C(C)C(=O)NC2CCCC2)nn1. The molecule has 2 unspecified atom stereocenters. The van der Waals surface area contributed by atoms with Crippen LogP contribution in [0.15, 0.2) is 6.20 Å². The van der Waals surface area contributed by atoms with E-state index in [4.69, 9.17) is 5.73 Å². The third-order valence-electron chi connectivity index (χ3n) is 3.83. The van der Waals surface area contributed by atoms with Gasteiger partial charge >= 0.3 is 0 Å². The lowest BCUT2D eigenvalue weighted by Gasteiger charge is -2.16. The summed E-state index contributed by atoms with van der Waals surface area (Å²) in [6, 6.07) is -0.124. The molecule has 1 amide bonds. The number of hydrogen-bond donors (Lipinski definition) is 2. The number of amides is 1. The van der Waals surface area contributed by atoms with E-state index in [1.165, 1.54) is 12.8 Å². The number of nitrogens with zero attached hydrogens (tertiary/aromatic N) is 3. The van der Waals surface area contributed by atoms with Gasteiger partial charge < -0.3 is 11.1 Å². The number of nitrogens with one attached hydrogen (secondary N) is 1. The number of rotatable bonds is 5. The maximum atomic E-state index is 12.1. The lowest BCUT2D eigenvalue weighted by atomic mass is 10.2. The summed E-state index contributed by atoms with van der Waals surface area (Å²) in [5.41, 5.74) is 6.64. The molecule has 1 fully saturated rings. The van der Waals surface area contributed by atoms with Crippen LogP contribution in [0.5, 0.6) is 0 Å². The first kappa shape index (κ1) is 14.0. The Morgan fingerprint density at radius 1 is 1.58 bits per heavy atom. The van der Waals surface area contributed by atoms with Gasteiger partial charge in [-0.1, -0.05) is 25.0 Å². The Morgan fingerprint density at radius 3 is 2.89 bits per heavy atom. The quantitative estimate of drug-likeness (QED) is 0.840. The number of carbonyl (C=O) groups excluding carboxylic acids is 1. The van der Waals surface area contributed by atoms with E-state index in [1.54, 1.807) is 10.9 Å². The highest BCUT2D eigenvalue weighted by Crippen LogP contribution is 2.19. The van der Waals surface area contributed by atoms with E-state index in [-0.39, 0.29) is 18.0 Å². The van der Waals surface area contributed by atoms with Gasteiger partial charge in [0.15, 0.2) is 0 Å². The summed E-state index contributed by atoms with van der Waals surface area (Å²) in [7, 11) is 0. The van der Waals surface area contributed by atoms with E-state index in [1.807, 2.05) is 13.8 Å². The fourth-order valence-corrected chi connectivity index (χ4v) is 2.37. The van der Waals surface area contributed by atoms with Crippen molar-refractivity contribution in [3.63, 3.8) is 0 Å². The number of carbonyl (C=O) groups is 1. The number of nitrogens with two attached hydrogens (primary N) is 1. The molecule has 1 aromatic heterocycles. The van der Waals surface area contributed by atoms with Crippen molar-refractivity contribution in [1.82, 2.24) is 20.3 Å². The van der Waals surface area contributed by atoms with Crippen LogP contribution in [0.25, 0.3) is 0 Å². The molecule has 2 rings (SSSR count). The monoisotopic (exact) mass is 265 g/mol. The van der Waals surface area contributed by atoms with Crippen LogP contribution in [0.1, 0.15) is 63.7 Å². The molecule has 2 atom stereocenters. The molecule has 0 spiro atoms. The largest absolute Gasteiger partial charge is 0.352 e. The molecule has 0 bridgehead atoms. The summed E-state index contributed by atoms with van der Waals surface area (Å²) in [5.74, 6) is 0.00780. The molecule has 6 heteroatoms. The van der Waals surface area contributed by atoms with Crippen LogP contribution < -0.4 is 11.1 Å². The lowest BCUT2D eigenvalue weighted by molar-refractivity contribution is -0.124. The molecular formula is C13H23N5O. The molecule has 0 aliphatic heterocycles. The number of aromatic nitrogens is 3. The molecule has 0 saturated heterocycles. The highest BCUT2D eigenvalue weighted by Gasteiger charge is 2.22. The maximum Gasteiger partial charge on any atom is 0.244 e. The molecule has 1 aliphatic rings. The second-order valence-corrected chi connectivity index (χ2v) is 5.30. The van der Waals surface area contributed by atoms with Crippen molar-refractivity contribution in [3.8, 4) is 0 Å². The Balaban J connectivity index is 1.96. The summed E-state index contributed by atoms with van der Waals surface area (Å²) in [4.78, 5) is 12.1. The van der Waals surface area contributed by atoms with Gasteiger partial charge in [0, 0.05) is 6.04 Å². The van der Waals surface area contributed by atoms with Crippen molar-refractivity contribution < 1.29 is 4.79 Å². The van der Waals surface area contributed by atoms with Gasteiger partial charge in [-0.15, -0.1) is 5.10 Å². The Kier molecular flexibility index (Phi) is 4.52. The second kappa shape index (κ2) is 6.14. The average molecular weight is 265 g/mol. The minimum atomic E-state index is -0.342. The van der Waals surface area contributed by atoms with Crippen LogP contribution in [0.3, 0.4) is 0 Å². The van der Waals surface area contributed by atoms with Crippen LogP contribution in [-0.2, 0) is 4.79 Å². The van der Waals surface area contributed by atoms with E-state index in [0.717, 1.165) is 25.0 Å². The van der Waals surface area contributed by atoms with E-state index in [0.29, 0.717) is 6.04 Å². The third kappa shape index (κ3) is 3.32. The molecule has 3 N–H and O–H groups in total. The van der Waals surface area contributed by atoms with Crippen LogP contribution in [0, 0.1) is 0 Å². The standard InChI is InChI=1S/C13H23N5O/c1-3-11(14)12-8-18(17-16-12)9(2)13(19)15-10-6-4-5-7-10/h8-11H,3-7,14H2,1-2H3,(H,15,19). The Bertz CT molecular complexity index is 424. The number of hydrogen-bond acceptors (Lipinski definition) is 4. The molecule has 19 heavy (non-hydrogen) atoms. The summed E-state index contributed by atoms with van der Waals surface area (Å²) >= 11 is 0. The lowest BCUT2D eigenvalue weighted by Crippen LogP contribution is -2.37. The van der Waals surface area contributed by atoms with E-state index < -0.39 is 0 Å².